The van der Waals surface area contributed by atoms with Gasteiger partial charge in [-0.1, -0.05) is 280 Å². The maximum Gasteiger partial charge on any atom is 0.0641 e. The second kappa shape index (κ2) is 29.9. The summed E-state index contributed by atoms with van der Waals surface area (Å²) in [6, 6.07) is 147. The van der Waals surface area contributed by atoms with Crippen LogP contribution in [0.15, 0.2) is 382 Å². The van der Waals surface area contributed by atoms with Crippen LogP contribution in [0.1, 0.15) is 145 Å². The van der Waals surface area contributed by atoms with Crippen LogP contribution in [0, 0.1) is 0 Å². The molecular weight excluding hydrogens is 1650 g/mol. The normalized spacial score (nSPS) is 15.1. The van der Waals surface area contributed by atoms with E-state index in [-0.39, 0.29) is 10.8 Å². The van der Waals surface area contributed by atoms with E-state index < -0.39 is 0 Å². The molecule has 26 aromatic rings. The molecule has 8 nitrogen and oxygen atoms in total. The standard InChI is InChI=1S/C128H102N8/c1-127(2,3)85-52-62-93(63-53-85)131(89-36-17-10-18-37-89)113-72-68-97-105-77-118-106(78-117(105)135-109-44-25-21-40-101(109)121(113)125(97)135)98-69-73-114(122-102-41-22-26-45-110(102)136(118)126(98)122)132(94-64-54-86(55-65-94)128(4,5)6)92-60-50-82(51-61-92)84-31-27-30-83(74-84)81-48-58-91(59-49-81)130(88-34-15-9-16-35-88)112-71-67-96-104-76-115-103(75-116(104)134-108-43-24-20-39-100(108)120(112)124(96)134)95-66-70-111(119-99-38-19-23-42-107(99)133(115)123(95)119)129(87-32-13-8-14-33-87)90-56-46-80(47-57-90)79-28-11-7-12-29-79/h8-10,13-26,32-73,75-79,83-84H,7,11-12,27-31,74H2,1-6H3. The highest BCUT2D eigenvalue weighted by molar-refractivity contribution is 6.35. The van der Waals surface area contributed by atoms with Gasteiger partial charge in [0.1, 0.15) is 0 Å². The van der Waals surface area contributed by atoms with Crippen LogP contribution in [0.25, 0.3) is 152 Å². The Balaban J connectivity index is 0.517. The number of fused-ring (bicyclic) bond motifs is 24. The molecule has 0 radical (unpaired) electrons. The van der Waals surface area contributed by atoms with Crippen LogP contribution in [0.4, 0.5) is 68.2 Å². The molecule has 654 valence electrons. The first-order valence-electron chi connectivity index (χ1n) is 49.3. The van der Waals surface area contributed by atoms with Gasteiger partial charge in [0, 0.05) is 132 Å². The second-order valence-corrected chi connectivity index (χ2v) is 41.2. The Bertz CT molecular complexity index is 9200. The molecule has 2 saturated carbocycles. The van der Waals surface area contributed by atoms with E-state index in [1.54, 1.807) is 0 Å². The third-order valence-corrected chi connectivity index (χ3v) is 31.7. The summed E-state index contributed by atoms with van der Waals surface area (Å²) in [5, 5.41) is 20.1. The van der Waals surface area contributed by atoms with Crippen LogP contribution in [0.5, 0.6) is 0 Å². The number of anilines is 12. The molecule has 2 aliphatic rings. The molecule has 2 fully saturated rings. The lowest BCUT2D eigenvalue weighted by Gasteiger charge is -2.31. The van der Waals surface area contributed by atoms with E-state index in [2.05, 4.69) is 461 Å². The molecule has 2 atom stereocenters. The fourth-order valence-corrected chi connectivity index (χ4v) is 25.3. The van der Waals surface area contributed by atoms with Gasteiger partial charge in [-0.05, 0) is 258 Å². The van der Waals surface area contributed by atoms with Gasteiger partial charge in [0.05, 0.1) is 88.9 Å². The largest absolute Gasteiger partial charge is 0.310 e. The summed E-state index contributed by atoms with van der Waals surface area (Å²) in [6.45, 7) is 13.8. The average molecular weight is 1750 g/mol. The minimum absolute atomic E-state index is 0.0121. The Labute approximate surface area is 790 Å². The molecule has 0 saturated heterocycles. The number of para-hydroxylation sites is 7. The van der Waals surface area contributed by atoms with Crippen molar-refractivity contribution in [2.75, 3.05) is 19.6 Å². The highest BCUT2D eigenvalue weighted by atomic mass is 15.2. The van der Waals surface area contributed by atoms with Crippen LogP contribution in [-0.2, 0) is 10.8 Å². The van der Waals surface area contributed by atoms with Crippen LogP contribution < -0.4 is 19.6 Å². The van der Waals surface area contributed by atoms with E-state index in [9.17, 15) is 0 Å². The zero-order valence-corrected chi connectivity index (χ0v) is 77.5. The third kappa shape index (κ3) is 11.8. The minimum Gasteiger partial charge on any atom is -0.310 e. The number of benzene rings is 18. The summed E-state index contributed by atoms with van der Waals surface area (Å²) in [6.07, 6.45) is 11.1. The first kappa shape index (κ1) is 79.0. The molecular formula is C128H102N8. The van der Waals surface area contributed by atoms with E-state index in [0.717, 1.165) is 64.8 Å². The molecule has 0 spiro atoms. The summed E-state index contributed by atoms with van der Waals surface area (Å²) in [5.74, 6) is 1.46. The highest BCUT2D eigenvalue weighted by Crippen LogP contribution is 2.57. The van der Waals surface area contributed by atoms with Gasteiger partial charge in [-0.25, -0.2) is 0 Å². The van der Waals surface area contributed by atoms with E-state index in [1.807, 2.05) is 0 Å². The van der Waals surface area contributed by atoms with Crippen LogP contribution in [0.2, 0.25) is 0 Å². The van der Waals surface area contributed by atoms with Gasteiger partial charge in [-0.2, -0.15) is 0 Å². The summed E-state index contributed by atoms with van der Waals surface area (Å²) >= 11 is 0. The molecule has 0 aliphatic heterocycles. The molecule has 8 aromatic heterocycles. The molecule has 2 aliphatic carbocycles. The molecule has 8 heteroatoms. The lowest BCUT2D eigenvalue weighted by atomic mass is 9.75. The summed E-state index contributed by atoms with van der Waals surface area (Å²) in [7, 11) is 0. The van der Waals surface area contributed by atoms with Crippen molar-refractivity contribution in [3.8, 4) is 0 Å². The van der Waals surface area contributed by atoms with Crippen molar-refractivity contribution in [2.45, 2.75) is 128 Å². The third-order valence-electron chi connectivity index (χ3n) is 31.7. The average Bonchev–Trinajstić information content (AvgIpc) is 1.51. The first-order chi connectivity index (χ1) is 66.8. The second-order valence-electron chi connectivity index (χ2n) is 41.2. The fraction of sp³-hybridized carbons (Fsp3) is 0.156. The van der Waals surface area contributed by atoms with E-state index in [4.69, 9.17) is 0 Å². The van der Waals surface area contributed by atoms with Crippen molar-refractivity contribution in [1.82, 2.24) is 17.6 Å². The van der Waals surface area contributed by atoms with Crippen LogP contribution in [-0.4, -0.2) is 17.6 Å². The predicted octanol–water partition coefficient (Wildman–Crippen LogP) is 36.3. The van der Waals surface area contributed by atoms with E-state index in [0.29, 0.717) is 17.8 Å². The number of hydrogen-bond donors (Lipinski definition) is 0. The fourth-order valence-electron chi connectivity index (χ4n) is 25.3. The quantitative estimate of drug-likeness (QED) is 0.102. The van der Waals surface area contributed by atoms with E-state index >= 15 is 0 Å². The van der Waals surface area contributed by atoms with Gasteiger partial charge in [0.25, 0.3) is 0 Å². The summed E-state index contributed by atoms with van der Waals surface area (Å²) < 4.78 is 10.3. The minimum atomic E-state index is -0.0121. The predicted molar refractivity (Wildman–Crippen MR) is 577 cm³/mol. The van der Waals surface area contributed by atoms with Crippen LogP contribution in [0.3, 0.4) is 0 Å². The lowest BCUT2D eigenvalue weighted by molar-refractivity contribution is 0.394. The lowest BCUT2D eigenvalue weighted by Crippen LogP contribution is -2.15. The smallest absolute Gasteiger partial charge is 0.0641 e. The SMILES string of the molecule is CC(C)(C)c1ccc(N(c2ccccc2)c2ccc3c4cc5c(cc4n4c6ccccc6c2c34)c2ccc(N(c3ccc(C4CCCC(c6ccc(N(c7ccccc7)c7ccc8c9cc%10c(cc9n9c%11ccccc%11c7c89)c7ccc(N(c8ccccc8)c8ccc(C9CCCCC9)cc8)c8c9ccccc9n%10c78)cc6)C4)cc3)c3ccc(C(C)(C)C)cc3)c3c4ccccc4n5c23)cc1. The molecule has 136 heavy (non-hydrogen) atoms. The van der Waals surface area contributed by atoms with Gasteiger partial charge < -0.3 is 37.2 Å². The van der Waals surface area contributed by atoms with Gasteiger partial charge in [0.15, 0.2) is 0 Å². The molecule has 28 rings (SSSR count). The first-order valence-corrected chi connectivity index (χ1v) is 49.3. The van der Waals surface area contributed by atoms with Crippen molar-refractivity contribution in [3.63, 3.8) is 0 Å². The number of aromatic nitrogens is 4. The maximum atomic E-state index is 2.59. The summed E-state index contributed by atoms with van der Waals surface area (Å²) in [4.78, 5) is 10.0. The van der Waals surface area contributed by atoms with Gasteiger partial charge in [0.2, 0.25) is 0 Å². The van der Waals surface area contributed by atoms with Crippen molar-refractivity contribution in [2.24, 2.45) is 0 Å². The molecule has 0 bridgehead atoms. The maximum absolute atomic E-state index is 2.59. The number of rotatable bonds is 15. The number of hydrogen-bond acceptors (Lipinski definition) is 4. The Kier molecular flexibility index (Phi) is 17.4. The Morgan fingerprint density at radius 2 is 0.434 bits per heavy atom. The molecule has 0 N–H and O–H groups in total. The van der Waals surface area contributed by atoms with Gasteiger partial charge >= 0.3 is 0 Å². The van der Waals surface area contributed by atoms with Crippen molar-refractivity contribution < 1.29 is 0 Å². The number of nitrogens with zero attached hydrogens (tertiary/aromatic N) is 8. The Hall–Kier alpha value is -15.6. The topological polar surface area (TPSA) is 30.6 Å². The van der Waals surface area contributed by atoms with Crippen molar-refractivity contribution in [1.29, 1.82) is 0 Å². The van der Waals surface area contributed by atoms with Crippen LogP contribution >= 0.6 is 0 Å². The zero-order valence-electron chi connectivity index (χ0n) is 77.5. The van der Waals surface area contributed by atoms with Gasteiger partial charge in [-0.15, -0.1) is 0 Å². The Morgan fingerprint density at radius 1 is 0.199 bits per heavy atom. The Morgan fingerprint density at radius 3 is 0.706 bits per heavy atom. The monoisotopic (exact) mass is 1750 g/mol. The molecule has 0 amide bonds. The highest BCUT2D eigenvalue weighted by Gasteiger charge is 2.35. The molecule has 2 unspecified atom stereocenters. The van der Waals surface area contributed by atoms with Crippen molar-refractivity contribution >= 4 is 221 Å². The van der Waals surface area contributed by atoms with Gasteiger partial charge in [-0.3, -0.25) is 0 Å². The molecule has 8 heterocycles. The van der Waals surface area contributed by atoms with Crippen molar-refractivity contribution in [3.05, 3.63) is 410 Å². The van der Waals surface area contributed by atoms with E-state index in [1.165, 1.54) is 241 Å². The zero-order chi connectivity index (χ0) is 90.2. The molecule has 18 aromatic carbocycles. The summed E-state index contributed by atoms with van der Waals surface area (Å²) in [5.41, 5.74) is 35.5.